The van der Waals surface area contributed by atoms with Gasteiger partial charge in [-0.1, -0.05) is 17.4 Å². The molecule has 0 atom stereocenters. The molecule has 0 bridgehead atoms. The highest BCUT2D eigenvalue weighted by molar-refractivity contribution is 7.17. The van der Waals surface area contributed by atoms with Crippen molar-refractivity contribution in [2.75, 3.05) is 42.6 Å². The molecule has 4 rings (SSSR count). The molecule has 0 aromatic carbocycles. The zero-order valence-corrected chi connectivity index (χ0v) is 20.5. The third kappa shape index (κ3) is 6.12. The van der Waals surface area contributed by atoms with Gasteiger partial charge >= 0.3 is 12.1 Å². The molecule has 2 aliphatic heterocycles. The lowest BCUT2D eigenvalue weighted by atomic mass is 9.97. The Balaban J connectivity index is 1.41. The van der Waals surface area contributed by atoms with E-state index in [2.05, 4.69) is 14.9 Å². The second kappa shape index (κ2) is 10.9. The van der Waals surface area contributed by atoms with Crippen LogP contribution in [0, 0.1) is 5.92 Å². The summed E-state index contributed by atoms with van der Waals surface area (Å²) in [5, 5.41) is 0.264. The number of alkyl halides is 3. The quantitative estimate of drug-likeness (QED) is 0.393. The van der Waals surface area contributed by atoms with Crippen molar-refractivity contribution in [1.82, 2.24) is 9.97 Å². The number of anilines is 2. The predicted molar refractivity (Wildman–Crippen MR) is 127 cm³/mol. The monoisotopic (exact) mass is 510 g/mol. The maximum absolute atomic E-state index is 13.6. The van der Waals surface area contributed by atoms with Gasteiger partial charge in [-0.2, -0.15) is 13.2 Å². The van der Waals surface area contributed by atoms with E-state index in [1.54, 1.807) is 19.1 Å². The summed E-state index contributed by atoms with van der Waals surface area (Å²) in [5.74, 6) is -0.175. The lowest BCUT2D eigenvalue weighted by Gasteiger charge is -2.31. The van der Waals surface area contributed by atoms with Crippen LogP contribution in [0.5, 0.6) is 0 Å². The molecule has 2 saturated heterocycles. The molecule has 0 amide bonds. The van der Waals surface area contributed by atoms with Crippen LogP contribution in [-0.4, -0.2) is 54.5 Å². The summed E-state index contributed by atoms with van der Waals surface area (Å²) in [6, 6.07) is 3.49. The number of Topliss-reactive ketones (excluding diaryl/α,β-unsaturated/α-hetero) is 1. The second-order valence-electron chi connectivity index (χ2n) is 8.86. The van der Waals surface area contributed by atoms with Crippen LogP contribution in [0.1, 0.15) is 60.0 Å². The number of hydrogen-bond acceptors (Lipinski definition) is 8. The Labute approximate surface area is 206 Å². The highest BCUT2D eigenvalue weighted by atomic mass is 32.1. The summed E-state index contributed by atoms with van der Waals surface area (Å²) in [7, 11) is 0. The lowest BCUT2D eigenvalue weighted by Crippen LogP contribution is -2.37. The molecule has 0 radical (unpaired) electrons. The minimum atomic E-state index is -4.69. The van der Waals surface area contributed by atoms with E-state index in [-0.39, 0.29) is 28.3 Å². The Morgan fingerprint density at radius 1 is 1.09 bits per heavy atom. The van der Waals surface area contributed by atoms with E-state index in [0.29, 0.717) is 57.0 Å². The molecule has 0 unspecified atom stereocenters. The van der Waals surface area contributed by atoms with E-state index in [9.17, 15) is 22.8 Å². The van der Waals surface area contributed by atoms with Gasteiger partial charge in [0.05, 0.1) is 12.5 Å². The molecular formula is C24H29F3N4O3S. The molecule has 0 spiro atoms. The molecule has 7 nitrogen and oxygen atoms in total. The topological polar surface area (TPSA) is 75.6 Å². The van der Waals surface area contributed by atoms with E-state index >= 15 is 0 Å². The van der Waals surface area contributed by atoms with Crippen molar-refractivity contribution in [3.63, 3.8) is 0 Å². The number of rotatable bonds is 7. The average Bonchev–Trinajstić information content (AvgIpc) is 3.32. The maximum Gasteiger partial charge on any atom is 0.435 e. The highest BCUT2D eigenvalue weighted by Gasteiger charge is 2.40. The van der Waals surface area contributed by atoms with Crippen molar-refractivity contribution >= 4 is 34.0 Å². The second-order valence-corrected chi connectivity index (χ2v) is 9.84. The van der Waals surface area contributed by atoms with E-state index < -0.39 is 17.7 Å². The number of halogens is 3. The zero-order chi connectivity index (χ0) is 25.0. The summed E-state index contributed by atoms with van der Waals surface area (Å²) >= 11 is 0.831. The van der Waals surface area contributed by atoms with E-state index in [0.717, 1.165) is 30.6 Å². The number of esters is 1. The Morgan fingerprint density at radius 3 is 2.40 bits per heavy atom. The molecule has 190 valence electrons. The summed E-state index contributed by atoms with van der Waals surface area (Å²) in [6.45, 7) is 4.78. The normalized spacial score (nSPS) is 17.5. The number of thiazole rings is 1. The van der Waals surface area contributed by atoms with E-state index in [4.69, 9.17) is 4.74 Å². The van der Waals surface area contributed by atoms with Crippen LogP contribution >= 0.6 is 11.3 Å². The number of nitrogens with zero attached hydrogens (tertiary/aromatic N) is 4. The maximum atomic E-state index is 13.6. The van der Waals surface area contributed by atoms with Gasteiger partial charge in [0, 0.05) is 38.8 Å². The molecule has 0 N–H and O–H groups in total. The third-order valence-corrected chi connectivity index (χ3v) is 7.53. The predicted octanol–water partition coefficient (Wildman–Crippen LogP) is 4.75. The van der Waals surface area contributed by atoms with Crippen LogP contribution in [0.3, 0.4) is 0 Å². The first-order valence-electron chi connectivity index (χ1n) is 12.0. The minimum Gasteiger partial charge on any atom is -0.466 e. The van der Waals surface area contributed by atoms with Gasteiger partial charge in [-0.25, -0.2) is 9.97 Å². The minimum absolute atomic E-state index is 0.111. The third-order valence-electron chi connectivity index (χ3n) is 6.38. The van der Waals surface area contributed by atoms with Crippen molar-refractivity contribution in [3.05, 3.63) is 34.5 Å². The SMILES string of the molecule is CCOC(=O)C1CCN(c2ccc(CC(=O)c3sc(N4CCCCC4)nc3C(F)(F)F)cn2)CC1. The number of piperidine rings is 2. The van der Waals surface area contributed by atoms with Gasteiger partial charge in [-0.05, 0) is 50.7 Å². The fraction of sp³-hybridized carbons (Fsp3) is 0.583. The van der Waals surface area contributed by atoms with Crippen LogP contribution < -0.4 is 9.80 Å². The Hall–Kier alpha value is -2.69. The summed E-state index contributed by atoms with van der Waals surface area (Å²) in [5.41, 5.74) is -0.552. The van der Waals surface area contributed by atoms with Gasteiger partial charge in [0.2, 0.25) is 0 Å². The number of pyridine rings is 1. The zero-order valence-electron chi connectivity index (χ0n) is 19.6. The van der Waals surface area contributed by atoms with Crippen LogP contribution in [0.4, 0.5) is 24.1 Å². The van der Waals surface area contributed by atoms with Crippen molar-refractivity contribution < 1.29 is 27.5 Å². The number of aromatic nitrogens is 2. The Bertz CT molecular complexity index is 1030. The van der Waals surface area contributed by atoms with Crippen molar-refractivity contribution in [1.29, 1.82) is 0 Å². The first-order chi connectivity index (χ1) is 16.8. The molecular weight excluding hydrogens is 481 g/mol. The molecule has 35 heavy (non-hydrogen) atoms. The Morgan fingerprint density at radius 2 is 1.80 bits per heavy atom. The summed E-state index contributed by atoms with van der Waals surface area (Å²) in [6.07, 6.45) is 0.871. The largest absolute Gasteiger partial charge is 0.466 e. The summed E-state index contributed by atoms with van der Waals surface area (Å²) < 4.78 is 46.0. The molecule has 2 aliphatic rings. The molecule has 0 saturated carbocycles. The molecule has 2 fully saturated rings. The van der Waals surface area contributed by atoms with Crippen LogP contribution in [0.2, 0.25) is 0 Å². The van der Waals surface area contributed by atoms with Crippen molar-refractivity contribution in [2.45, 2.75) is 51.6 Å². The van der Waals surface area contributed by atoms with Gasteiger partial charge in [0.25, 0.3) is 0 Å². The van der Waals surface area contributed by atoms with E-state index in [1.807, 2.05) is 4.90 Å². The first-order valence-corrected chi connectivity index (χ1v) is 12.8. The first kappa shape index (κ1) is 25.4. The van der Waals surface area contributed by atoms with Gasteiger partial charge in [-0.15, -0.1) is 0 Å². The number of ether oxygens (including phenoxy) is 1. The molecule has 11 heteroatoms. The molecule has 2 aromatic rings. The number of carbonyl (C=O) groups excluding carboxylic acids is 2. The average molecular weight is 511 g/mol. The van der Waals surface area contributed by atoms with Crippen LogP contribution in [0.15, 0.2) is 18.3 Å². The lowest BCUT2D eigenvalue weighted by molar-refractivity contribution is -0.148. The number of ketones is 1. The van der Waals surface area contributed by atoms with Gasteiger partial charge in [0.15, 0.2) is 16.6 Å². The molecule has 0 aliphatic carbocycles. The Kier molecular flexibility index (Phi) is 7.93. The molecule has 4 heterocycles. The van der Waals surface area contributed by atoms with Crippen molar-refractivity contribution in [3.8, 4) is 0 Å². The molecule has 2 aromatic heterocycles. The van der Waals surface area contributed by atoms with Gasteiger partial charge in [0.1, 0.15) is 10.7 Å². The van der Waals surface area contributed by atoms with Crippen LogP contribution in [0.25, 0.3) is 0 Å². The smallest absolute Gasteiger partial charge is 0.435 e. The number of hydrogen-bond donors (Lipinski definition) is 0. The number of carbonyl (C=O) groups is 2. The van der Waals surface area contributed by atoms with Gasteiger partial charge in [-0.3, -0.25) is 9.59 Å². The van der Waals surface area contributed by atoms with Gasteiger partial charge < -0.3 is 14.5 Å². The van der Waals surface area contributed by atoms with Crippen molar-refractivity contribution in [2.24, 2.45) is 5.92 Å². The van der Waals surface area contributed by atoms with E-state index in [1.165, 1.54) is 6.20 Å². The standard InChI is InChI=1S/C24H29F3N4O3S/c1-2-34-22(33)17-8-12-30(13-9-17)19-7-6-16(15-28-19)14-18(32)20-21(24(25,26)27)29-23(35-20)31-10-4-3-5-11-31/h6-7,15,17H,2-5,8-14H2,1H3. The van der Waals surface area contributed by atoms with Crippen LogP contribution in [-0.2, 0) is 22.1 Å². The summed E-state index contributed by atoms with van der Waals surface area (Å²) in [4.78, 5) is 36.6. The fourth-order valence-corrected chi connectivity index (χ4v) is 5.56. The highest BCUT2D eigenvalue weighted by Crippen LogP contribution is 2.38. The fourth-order valence-electron chi connectivity index (χ4n) is 4.49.